The molecule has 2 saturated heterocycles. The molecule has 2 heterocycles. The average molecular weight is 221 g/mol. The van der Waals surface area contributed by atoms with Crippen LogP contribution in [0.4, 0.5) is 0 Å². The summed E-state index contributed by atoms with van der Waals surface area (Å²) in [7, 11) is 1.67. The van der Waals surface area contributed by atoms with Crippen molar-refractivity contribution in [2.24, 2.45) is 5.92 Å². The lowest BCUT2D eigenvalue weighted by Crippen LogP contribution is -2.28. The van der Waals surface area contributed by atoms with Gasteiger partial charge in [0.05, 0.1) is 26.4 Å². The Balaban J connectivity index is 1.81. The molecule has 2 aliphatic rings. The van der Waals surface area contributed by atoms with E-state index in [1.54, 1.807) is 7.11 Å². The molecule has 3 rings (SSSR count). The van der Waals surface area contributed by atoms with E-state index in [0.29, 0.717) is 5.92 Å². The Kier molecular flexibility index (Phi) is 2.55. The molecule has 3 atom stereocenters. The van der Waals surface area contributed by atoms with Crippen LogP contribution >= 0.6 is 0 Å². The van der Waals surface area contributed by atoms with Crippen molar-refractivity contribution in [1.82, 2.24) is 5.48 Å². The van der Waals surface area contributed by atoms with E-state index in [-0.39, 0.29) is 12.1 Å². The van der Waals surface area contributed by atoms with Gasteiger partial charge in [-0.1, -0.05) is 12.1 Å². The van der Waals surface area contributed by atoms with Crippen LogP contribution in [0.15, 0.2) is 24.3 Å². The quantitative estimate of drug-likeness (QED) is 0.816. The van der Waals surface area contributed by atoms with E-state index in [9.17, 15) is 0 Å². The van der Waals surface area contributed by atoms with E-state index in [0.717, 1.165) is 19.0 Å². The number of ether oxygens (including phenoxy) is 2. The molecule has 2 fully saturated rings. The maximum atomic E-state index is 5.80. The Bertz CT molecular complexity index is 365. The van der Waals surface area contributed by atoms with Crippen LogP contribution in [0.5, 0.6) is 5.75 Å². The van der Waals surface area contributed by atoms with Crippen LogP contribution in [-0.4, -0.2) is 26.4 Å². The number of rotatable bonds is 2. The molecule has 86 valence electrons. The van der Waals surface area contributed by atoms with Crippen molar-refractivity contribution in [3.63, 3.8) is 0 Å². The zero-order chi connectivity index (χ0) is 11.0. The lowest BCUT2D eigenvalue weighted by Gasteiger charge is -2.17. The standard InChI is InChI=1S/C12H15NO3/c1-14-10-4-2-8(3-5-10)12-11-9(6-15-12)7-16-13-11/h2-5,9,11-13H,6-7H2,1H3/t9-,11+,12-/m0/s1. The van der Waals surface area contributed by atoms with Crippen LogP contribution in [-0.2, 0) is 9.57 Å². The third-order valence-electron chi connectivity index (χ3n) is 3.29. The Morgan fingerprint density at radius 3 is 2.81 bits per heavy atom. The molecule has 0 radical (unpaired) electrons. The summed E-state index contributed by atoms with van der Waals surface area (Å²) in [4.78, 5) is 5.25. The third-order valence-corrected chi connectivity index (χ3v) is 3.29. The van der Waals surface area contributed by atoms with Gasteiger partial charge in [-0.05, 0) is 17.7 Å². The van der Waals surface area contributed by atoms with Crippen molar-refractivity contribution in [3.05, 3.63) is 29.8 Å². The second-order valence-electron chi connectivity index (χ2n) is 4.24. The van der Waals surface area contributed by atoms with E-state index in [1.165, 1.54) is 5.56 Å². The normalized spacial score (nSPS) is 32.7. The van der Waals surface area contributed by atoms with Crippen LogP contribution < -0.4 is 10.2 Å². The minimum Gasteiger partial charge on any atom is -0.497 e. The molecular weight excluding hydrogens is 206 g/mol. The van der Waals surface area contributed by atoms with Gasteiger partial charge in [0.25, 0.3) is 0 Å². The first-order chi connectivity index (χ1) is 7.88. The molecule has 2 aliphatic heterocycles. The number of nitrogens with one attached hydrogen (secondary N) is 1. The summed E-state index contributed by atoms with van der Waals surface area (Å²) in [6.45, 7) is 1.52. The molecule has 0 amide bonds. The lowest BCUT2D eigenvalue weighted by atomic mass is 9.96. The van der Waals surface area contributed by atoms with Crippen molar-refractivity contribution < 1.29 is 14.3 Å². The fraction of sp³-hybridized carbons (Fsp3) is 0.500. The highest BCUT2D eigenvalue weighted by atomic mass is 16.7. The summed E-state index contributed by atoms with van der Waals surface area (Å²) in [5.74, 6) is 1.35. The molecule has 0 bridgehead atoms. The van der Waals surface area contributed by atoms with Gasteiger partial charge in [0.1, 0.15) is 11.9 Å². The number of hydrogen-bond acceptors (Lipinski definition) is 4. The Morgan fingerprint density at radius 2 is 2.06 bits per heavy atom. The minimum atomic E-state index is 0.0957. The zero-order valence-corrected chi connectivity index (χ0v) is 9.18. The Labute approximate surface area is 94.5 Å². The average Bonchev–Trinajstić information content (AvgIpc) is 2.91. The van der Waals surface area contributed by atoms with Crippen molar-refractivity contribution in [1.29, 1.82) is 0 Å². The first-order valence-electron chi connectivity index (χ1n) is 5.51. The van der Waals surface area contributed by atoms with Crippen molar-refractivity contribution in [2.45, 2.75) is 12.1 Å². The third kappa shape index (κ3) is 1.59. The summed E-state index contributed by atoms with van der Waals surface area (Å²) >= 11 is 0. The van der Waals surface area contributed by atoms with Crippen LogP contribution in [0.1, 0.15) is 11.7 Å². The first-order valence-corrected chi connectivity index (χ1v) is 5.51. The van der Waals surface area contributed by atoms with Gasteiger partial charge < -0.3 is 14.3 Å². The van der Waals surface area contributed by atoms with Crippen molar-refractivity contribution in [2.75, 3.05) is 20.3 Å². The smallest absolute Gasteiger partial charge is 0.118 e. The van der Waals surface area contributed by atoms with Gasteiger partial charge in [-0.15, -0.1) is 0 Å². The lowest BCUT2D eigenvalue weighted by molar-refractivity contribution is 0.0144. The van der Waals surface area contributed by atoms with Crippen LogP contribution in [0, 0.1) is 5.92 Å². The van der Waals surface area contributed by atoms with Crippen molar-refractivity contribution >= 4 is 0 Å². The van der Waals surface area contributed by atoms with E-state index < -0.39 is 0 Å². The molecular formula is C12H15NO3. The first kappa shape index (κ1) is 10.1. The van der Waals surface area contributed by atoms with Crippen LogP contribution in [0.25, 0.3) is 0 Å². The fourth-order valence-corrected chi connectivity index (χ4v) is 2.34. The molecule has 0 saturated carbocycles. The van der Waals surface area contributed by atoms with Gasteiger partial charge in [-0.3, -0.25) is 0 Å². The van der Waals surface area contributed by atoms with E-state index in [4.69, 9.17) is 14.3 Å². The Morgan fingerprint density at radius 1 is 1.25 bits per heavy atom. The molecule has 0 aliphatic carbocycles. The highest BCUT2D eigenvalue weighted by Gasteiger charge is 2.42. The van der Waals surface area contributed by atoms with E-state index in [2.05, 4.69) is 5.48 Å². The zero-order valence-electron chi connectivity index (χ0n) is 9.18. The molecule has 0 spiro atoms. The van der Waals surface area contributed by atoms with Gasteiger partial charge in [0.15, 0.2) is 0 Å². The maximum Gasteiger partial charge on any atom is 0.118 e. The summed E-state index contributed by atoms with van der Waals surface area (Å²) in [5, 5.41) is 0. The molecule has 0 aromatic heterocycles. The van der Waals surface area contributed by atoms with E-state index in [1.807, 2.05) is 24.3 Å². The highest BCUT2D eigenvalue weighted by molar-refractivity contribution is 5.30. The number of hydrogen-bond donors (Lipinski definition) is 1. The molecule has 4 heteroatoms. The second kappa shape index (κ2) is 4.05. The molecule has 0 unspecified atom stereocenters. The topological polar surface area (TPSA) is 39.7 Å². The molecule has 1 N–H and O–H groups in total. The summed E-state index contributed by atoms with van der Waals surface area (Å²) in [6, 6.07) is 8.30. The molecule has 1 aromatic rings. The number of benzene rings is 1. The maximum absolute atomic E-state index is 5.80. The number of methoxy groups -OCH3 is 1. The predicted octanol–water partition coefficient (Wildman–Crippen LogP) is 1.29. The summed E-state index contributed by atoms with van der Waals surface area (Å²) in [5.41, 5.74) is 4.21. The SMILES string of the molecule is COc1ccc([C@@H]2OC[C@H]3CON[C@H]32)cc1. The van der Waals surface area contributed by atoms with Gasteiger partial charge in [0, 0.05) is 5.92 Å². The van der Waals surface area contributed by atoms with Gasteiger partial charge in [-0.2, -0.15) is 5.48 Å². The highest BCUT2D eigenvalue weighted by Crippen LogP contribution is 2.36. The van der Waals surface area contributed by atoms with Gasteiger partial charge >= 0.3 is 0 Å². The van der Waals surface area contributed by atoms with E-state index >= 15 is 0 Å². The predicted molar refractivity (Wildman–Crippen MR) is 58.1 cm³/mol. The monoisotopic (exact) mass is 221 g/mol. The largest absolute Gasteiger partial charge is 0.497 e. The van der Waals surface area contributed by atoms with Crippen LogP contribution in [0.3, 0.4) is 0 Å². The van der Waals surface area contributed by atoms with Gasteiger partial charge in [0.2, 0.25) is 0 Å². The Hall–Kier alpha value is -1.10. The fourth-order valence-electron chi connectivity index (χ4n) is 2.34. The molecule has 4 nitrogen and oxygen atoms in total. The molecule has 1 aromatic carbocycles. The number of fused-ring (bicyclic) bond motifs is 1. The second-order valence-corrected chi connectivity index (χ2v) is 4.24. The van der Waals surface area contributed by atoms with Gasteiger partial charge in [-0.25, -0.2) is 0 Å². The van der Waals surface area contributed by atoms with Crippen molar-refractivity contribution in [3.8, 4) is 5.75 Å². The number of hydroxylamine groups is 1. The summed E-state index contributed by atoms with van der Waals surface area (Å²) < 4.78 is 10.9. The summed E-state index contributed by atoms with van der Waals surface area (Å²) in [6.07, 6.45) is 0.0957. The minimum absolute atomic E-state index is 0.0957. The molecule has 16 heavy (non-hydrogen) atoms. The van der Waals surface area contributed by atoms with Crippen LogP contribution in [0.2, 0.25) is 0 Å².